The van der Waals surface area contributed by atoms with Crippen LogP contribution in [-0.2, 0) is 9.59 Å². The van der Waals surface area contributed by atoms with Gasteiger partial charge in [0.2, 0.25) is 0 Å². The Hall–Kier alpha value is -3.02. The van der Waals surface area contributed by atoms with Crippen molar-refractivity contribution in [2.45, 2.75) is 25.7 Å². The number of aliphatic carboxylic acids is 1. The minimum Gasteiger partial charge on any atom is -0.508 e. The van der Waals surface area contributed by atoms with E-state index in [0.717, 1.165) is 0 Å². The predicted octanol–water partition coefficient (Wildman–Crippen LogP) is 3.73. The summed E-state index contributed by atoms with van der Waals surface area (Å²) in [7, 11) is 0. The van der Waals surface area contributed by atoms with E-state index in [0.29, 0.717) is 30.1 Å². The Balaban J connectivity index is 1.80. The van der Waals surface area contributed by atoms with Crippen molar-refractivity contribution in [3.8, 4) is 23.0 Å². The van der Waals surface area contributed by atoms with Crippen LogP contribution in [0.25, 0.3) is 0 Å². The number of esters is 1. The first-order valence-electron chi connectivity index (χ1n) is 7.52. The van der Waals surface area contributed by atoms with E-state index in [1.54, 1.807) is 36.4 Å². The fourth-order valence-electron chi connectivity index (χ4n) is 1.95. The van der Waals surface area contributed by atoms with Gasteiger partial charge < -0.3 is 19.7 Å². The van der Waals surface area contributed by atoms with Crippen LogP contribution in [0.2, 0.25) is 0 Å². The molecule has 126 valence electrons. The van der Waals surface area contributed by atoms with Gasteiger partial charge in [-0.25, -0.2) is 0 Å². The molecule has 2 aromatic rings. The highest BCUT2D eigenvalue weighted by atomic mass is 16.5. The maximum Gasteiger partial charge on any atom is 0.311 e. The van der Waals surface area contributed by atoms with E-state index in [9.17, 15) is 14.7 Å². The highest BCUT2D eigenvalue weighted by Gasteiger charge is 2.06. The maximum atomic E-state index is 11.6. The van der Waals surface area contributed by atoms with Crippen molar-refractivity contribution >= 4 is 11.9 Å². The molecule has 0 spiro atoms. The standard InChI is InChI=1S/C18H18O6/c19-13-5-7-14(8-6-13)23-15-9-11-16(12-10-15)24-18(22)4-2-1-3-17(20)21/h5-12,19H,1-4H2,(H,20,21). The van der Waals surface area contributed by atoms with E-state index in [1.165, 1.54) is 12.1 Å². The van der Waals surface area contributed by atoms with Crippen molar-refractivity contribution < 1.29 is 29.3 Å². The Bertz CT molecular complexity index is 676. The Morgan fingerprint density at radius 1 is 0.792 bits per heavy atom. The molecular formula is C18H18O6. The van der Waals surface area contributed by atoms with Gasteiger partial charge in [-0.2, -0.15) is 0 Å². The molecule has 2 rings (SSSR count). The van der Waals surface area contributed by atoms with Gasteiger partial charge in [-0.15, -0.1) is 0 Å². The van der Waals surface area contributed by atoms with E-state index in [-0.39, 0.29) is 18.6 Å². The average molecular weight is 330 g/mol. The number of phenols is 1. The van der Waals surface area contributed by atoms with Crippen molar-refractivity contribution in [1.29, 1.82) is 0 Å². The molecule has 0 fully saturated rings. The molecule has 0 heterocycles. The van der Waals surface area contributed by atoms with E-state index < -0.39 is 11.9 Å². The lowest BCUT2D eigenvalue weighted by Crippen LogP contribution is -2.07. The van der Waals surface area contributed by atoms with Crippen LogP contribution in [0.5, 0.6) is 23.0 Å². The van der Waals surface area contributed by atoms with E-state index >= 15 is 0 Å². The molecular weight excluding hydrogens is 312 g/mol. The number of rotatable bonds is 8. The number of carbonyl (C=O) groups excluding carboxylic acids is 1. The van der Waals surface area contributed by atoms with Crippen molar-refractivity contribution in [1.82, 2.24) is 0 Å². The highest BCUT2D eigenvalue weighted by Crippen LogP contribution is 2.25. The predicted molar refractivity (Wildman–Crippen MR) is 86.4 cm³/mol. The SMILES string of the molecule is O=C(O)CCCCC(=O)Oc1ccc(Oc2ccc(O)cc2)cc1. The molecule has 6 nitrogen and oxygen atoms in total. The summed E-state index contributed by atoms with van der Waals surface area (Å²) >= 11 is 0. The quantitative estimate of drug-likeness (QED) is 0.435. The van der Waals surface area contributed by atoms with Crippen LogP contribution in [0, 0.1) is 0 Å². The molecule has 0 bridgehead atoms. The maximum absolute atomic E-state index is 11.6. The van der Waals surface area contributed by atoms with Gasteiger partial charge in [0.1, 0.15) is 23.0 Å². The number of carboxylic acids is 1. The van der Waals surface area contributed by atoms with Crippen molar-refractivity contribution in [3.63, 3.8) is 0 Å². The summed E-state index contributed by atoms with van der Waals surface area (Å²) in [6.07, 6.45) is 1.16. The summed E-state index contributed by atoms with van der Waals surface area (Å²) in [6.45, 7) is 0. The first-order valence-corrected chi connectivity index (χ1v) is 7.52. The summed E-state index contributed by atoms with van der Waals surface area (Å²) in [5.74, 6) is 0.447. The first-order chi connectivity index (χ1) is 11.5. The monoisotopic (exact) mass is 330 g/mol. The second-order valence-corrected chi connectivity index (χ2v) is 5.14. The molecule has 6 heteroatoms. The van der Waals surface area contributed by atoms with Gasteiger partial charge in [-0.1, -0.05) is 0 Å². The molecule has 0 amide bonds. The van der Waals surface area contributed by atoms with Gasteiger partial charge >= 0.3 is 11.9 Å². The molecule has 24 heavy (non-hydrogen) atoms. The van der Waals surface area contributed by atoms with Crippen LogP contribution in [0.4, 0.5) is 0 Å². The number of benzene rings is 2. The molecule has 0 aliphatic rings. The number of hydrogen-bond acceptors (Lipinski definition) is 5. The Labute approximate surface area is 139 Å². The Kier molecular flexibility index (Phi) is 6.19. The fourth-order valence-corrected chi connectivity index (χ4v) is 1.95. The third-order valence-corrected chi connectivity index (χ3v) is 3.15. The van der Waals surface area contributed by atoms with Gasteiger partial charge in [0.15, 0.2) is 0 Å². The van der Waals surface area contributed by atoms with Gasteiger partial charge in [0, 0.05) is 12.8 Å². The zero-order valence-corrected chi connectivity index (χ0v) is 13.0. The molecule has 0 aliphatic carbocycles. The number of unbranched alkanes of at least 4 members (excludes halogenated alkanes) is 1. The highest BCUT2D eigenvalue weighted by molar-refractivity contribution is 5.72. The molecule has 0 atom stereocenters. The molecule has 2 aromatic carbocycles. The van der Waals surface area contributed by atoms with Crippen LogP contribution in [0.15, 0.2) is 48.5 Å². The number of aromatic hydroxyl groups is 1. The molecule has 0 saturated heterocycles. The summed E-state index contributed by atoms with van der Waals surface area (Å²) in [5, 5.41) is 17.7. The minimum atomic E-state index is -0.868. The fraction of sp³-hybridized carbons (Fsp3) is 0.222. The first kappa shape index (κ1) is 17.3. The van der Waals surface area contributed by atoms with E-state index in [2.05, 4.69) is 0 Å². The molecule has 0 aliphatic heterocycles. The van der Waals surface area contributed by atoms with Gasteiger partial charge in [-0.05, 0) is 61.4 Å². The molecule has 0 radical (unpaired) electrons. The van der Waals surface area contributed by atoms with E-state index in [1.807, 2.05) is 0 Å². The second-order valence-electron chi connectivity index (χ2n) is 5.14. The molecule has 2 N–H and O–H groups in total. The van der Waals surface area contributed by atoms with E-state index in [4.69, 9.17) is 14.6 Å². The largest absolute Gasteiger partial charge is 0.508 e. The second kappa shape index (κ2) is 8.57. The molecule has 0 unspecified atom stereocenters. The van der Waals surface area contributed by atoms with Crippen molar-refractivity contribution in [3.05, 3.63) is 48.5 Å². The zero-order chi connectivity index (χ0) is 17.4. The summed E-state index contributed by atoms with van der Waals surface area (Å²) in [5.41, 5.74) is 0. The Morgan fingerprint density at radius 3 is 1.88 bits per heavy atom. The summed E-state index contributed by atoms with van der Waals surface area (Å²) in [4.78, 5) is 22.0. The van der Waals surface area contributed by atoms with Crippen molar-refractivity contribution in [2.24, 2.45) is 0 Å². The molecule has 0 saturated carbocycles. The number of phenolic OH excluding ortho intramolecular Hbond substituents is 1. The van der Waals surface area contributed by atoms with Crippen LogP contribution in [0.3, 0.4) is 0 Å². The van der Waals surface area contributed by atoms with Gasteiger partial charge in [0.05, 0.1) is 0 Å². The Morgan fingerprint density at radius 2 is 1.29 bits per heavy atom. The number of carbonyl (C=O) groups is 2. The summed E-state index contributed by atoms with van der Waals surface area (Å²) in [6, 6.07) is 12.9. The topological polar surface area (TPSA) is 93.1 Å². The van der Waals surface area contributed by atoms with Crippen LogP contribution in [0.1, 0.15) is 25.7 Å². The number of hydrogen-bond donors (Lipinski definition) is 2. The third kappa shape index (κ3) is 6.00. The normalized spacial score (nSPS) is 10.2. The minimum absolute atomic E-state index is 0.0522. The van der Waals surface area contributed by atoms with Crippen LogP contribution in [-0.4, -0.2) is 22.2 Å². The van der Waals surface area contributed by atoms with Crippen molar-refractivity contribution in [2.75, 3.05) is 0 Å². The van der Waals surface area contributed by atoms with Crippen LogP contribution < -0.4 is 9.47 Å². The average Bonchev–Trinajstić information content (AvgIpc) is 2.55. The number of ether oxygens (including phenoxy) is 2. The van der Waals surface area contributed by atoms with Gasteiger partial charge in [-0.3, -0.25) is 9.59 Å². The van der Waals surface area contributed by atoms with Gasteiger partial charge in [0.25, 0.3) is 0 Å². The zero-order valence-electron chi connectivity index (χ0n) is 13.0. The third-order valence-electron chi connectivity index (χ3n) is 3.15. The molecule has 0 aromatic heterocycles. The smallest absolute Gasteiger partial charge is 0.311 e. The lowest BCUT2D eigenvalue weighted by molar-refractivity contribution is -0.138. The van der Waals surface area contributed by atoms with Crippen LogP contribution >= 0.6 is 0 Å². The summed E-state index contributed by atoms with van der Waals surface area (Å²) < 4.78 is 10.8. The lowest BCUT2D eigenvalue weighted by atomic mass is 10.2. The lowest BCUT2D eigenvalue weighted by Gasteiger charge is -2.07. The number of carboxylic acid groups (broad SMARTS) is 1.